The van der Waals surface area contributed by atoms with Crippen LogP contribution in [0.15, 0.2) is 42.5 Å². The maximum atomic E-state index is 14.6. The normalized spacial score (nSPS) is 11.9. The lowest BCUT2D eigenvalue weighted by atomic mass is 9.88. The molecule has 0 saturated heterocycles. The standard InChI is InChI=1S/C22H11BF8O/c1-2-3-13-14(23)9-16(25)19(20(13)28)22(30,31)32-11-4-5-12(15(24)8-11)10-6-17(26)21(29)18(27)7-10/h2-9H,1H3/b3-2-. The van der Waals surface area contributed by atoms with Crippen LogP contribution >= 0.6 is 0 Å². The second-order valence-corrected chi connectivity index (χ2v) is 6.56. The summed E-state index contributed by atoms with van der Waals surface area (Å²) in [5.74, 6) is -10.4. The van der Waals surface area contributed by atoms with Gasteiger partial charge in [0.25, 0.3) is 0 Å². The minimum atomic E-state index is -4.58. The third-order valence-electron chi connectivity index (χ3n) is 4.39. The molecule has 0 aliphatic carbocycles. The van der Waals surface area contributed by atoms with E-state index in [2.05, 4.69) is 4.74 Å². The second-order valence-electron chi connectivity index (χ2n) is 6.56. The van der Waals surface area contributed by atoms with Gasteiger partial charge in [0.2, 0.25) is 0 Å². The third kappa shape index (κ3) is 4.35. The molecule has 1 nitrogen and oxygen atoms in total. The maximum absolute atomic E-state index is 14.6. The molecule has 0 unspecified atom stereocenters. The quantitative estimate of drug-likeness (QED) is 0.256. The van der Waals surface area contributed by atoms with Gasteiger partial charge in [-0.2, -0.15) is 8.78 Å². The van der Waals surface area contributed by atoms with Gasteiger partial charge >= 0.3 is 6.11 Å². The minimum absolute atomic E-state index is 0.413. The smallest absolute Gasteiger partial charge is 0.429 e. The van der Waals surface area contributed by atoms with E-state index in [1.54, 1.807) is 0 Å². The number of ether oxygens (including phenoxy) is 1. The van der Waals surface area contributed by atoms with E-state index in [-0.39, 0.29) is 0 Å². The van der Waals surface area contributed by atoms with Crippen molar-refractivity contribution in [3.8, 4) is 16.9 Å². The molecule has 0 heterocycles. The summed E-state index contributed by atoms with van der Waals surface area (Å²) in [6, 6.07) is 3.54. The molecule has 0 aliphatic heterocycles. The largest absolute Gasteiger partial charge is 0.432 e. The summed E-state index contributed by atoms with van der Waals surface area (Å²) >= 11 is 0. The van der Waals surface area contributed by atoms with Crippen LogP contribution in [0.1, 0.15) is 18.1 Å². The van der Waals surface area contributed by atoms with Gasteiger partial charge in [-0.25, -0.2) is 26.3 Å². The number of halogens is 8. The van der Waals surface area contributed by atoms with Crippen LogP contribution in [0.4, 0.5) is 35.1 Å². The molecule has 0 aromatic heterocycles. The Morgan fingerprint density at radius 3 is 2.00 bits per heavy atom. The highest BCUT2D eigenvalue weighted by Crippen LogP contribution is 2.37. The molecule has 0 fully saturated rings. The zero-order chi connectivity index (χ0) is 23.8. The van der Waals surface area contributed by atoms with Gasteiger partial charge in [-0.3, -0.25) is 0 Å². The summed E-state index contributed by atoms with van der Waals surface area (Å²) in [7, 11) is 5.45. The van der Waals surface area contributed by atoms with Crippen LogP contribution in [-0.2, 0) is 6.11 Å². The Hall–Kier alpha value is -3.30. The van der Waals surface area contributed by atoms with E-state index < -0.39 is 74.5 Å². The van der Waals surface area contributed by atoms with Crippen molar-refractivity contribution < 1.29 is 39.9 Å². The minimum Gasteiger partial charge on any atom is -0.429 e. The van der Waals surface area contributed by atoms with Crippen LogP contribution in [0, 0.1) is 34.9 Å². The molecule has 0 saturated carbocycles. The van der Waals surface area contributed by atoms with E-state index in [0.29, 0.717) is 24.3 Å². The molecular weight excluding hydrogens is 443 g/mol. The van der Waals surface area contributed by atoms with Gasteiger partial charge in [0.05, 0.1) is 0 Å². The summed E-state index contributed by atoms with van der Waals surface area (Å²) < 4.78 is 116. The van der Waals surface area contributed by atoms with Crippen molar-refractivity contribution in [2.24, 2.45) is 0 Å². The number of allylic oxidation sites excluding steroid dienone is 1. The lowest BCUT2D eigenvalue weighted by Crippen LogP contribution is -2.28. The number of rotatable bonds is 5. The van der Waals surface area contributed by atoms with Crippen LogP contribution in [0.3, 0.4) is 0 Å². The highest BCUT2D eigenvalue weighted by atomic mass is 19.3. The Kier molecular flexibility index (Phi) is 6.34. The molecule has 0 bridgehead atoms. The summed E-state index contributed by atoms with van der Waals surface area (Å²) in [4.78, 5) is 0. The Morgan fingerprint density at radius 1 is 0.812 bits per heavy atom. The average molecular weight is 454 g/mol. The van der Waals surface area contributed by atoms with Gasteiger partial charge < -0.3 is 4.74 Å². The second kappa shape index (κ2) is 8.68. The summed E-state index contributed by atoms with van der Waals surface area (Å²) in [6.45, 7) is 1.46. The molecular formula is C22H11BF8O. The first-order chi connectivity index (χ1) is 15.0. The Bertz CT molecular complexity index is 1200. The molecule has 0 atom stereocenters. The van der Waals surface area contributed by atoms with E-state index in [0.717, 1.165) is 18.2 Å². The van der Waals surface area contributed by atoms with Crippen molar-refractivity contribution in [2.75, 3.05) is 0 Å². The maximum Gasteiger partial charge on any atom is 0.432 e. The highest BCUT2D eigenvalue weighted by Gasteiger charge is 2.42. The van der Waals surface area contributed by atoms with Crippen LogP contribution in [0.2, 0.25) is 0 Å². The van der Waals surface area contributed by atoms with Crippen molar-refractivity contribution in [2.45, 2.75) is 13.0 Å². The number of hydrogen-bond donors (Lipinski definition) is 0. The molecule has 164 valence electrons. The van der Waals surface area contributed by atoms with Gasteiger partial charge in [0.1, 0.15) is 36.6 Å². The molecule has 0 aliphatic rings. The highest BCUT2D eigenvalue weighted by molar-refractivity contribution is 6.34. The van der Waals surface area contributed by atoms with E-state index in [1.165, 1.54) is 13.0 Å². The van der Waals surface area contributed by atoms with Crippen molar-refractivity contribution in [1.82, 2.24) is 0 Å². The fraction of sp³-hybridized carbons (Fsp3) is 0.0909. The first-order valence-corrected chi connectivity index (χ1v) is 8.88. The molecule has 3 aromatic carbocycles. The first kappa shape index (κ1) is 23.4. The van der Waals surface area contributed by atoms with Crippen molar-refractivity contribution in [1.29, 1.82) is 0 Å². The predicted molar refractivity (Wildman–Crippen MR) is 103 cm³/mol. The Balaban J connectivity index is 1.99. The van der Waals surface area contributed by atoms with E-state index in [1.807, 2.05) is 0 Å². The van der Waals surface area contributed by atoms with Crippen molar-refractivity contribution in [3.05, 3.63) is 88.5 Å². The molecule has 3 aromatic rings. The zero-order valence-corrected chi connectivity index (χ0v) is 16.1. The van der Waals surface area contributed by atoms with Gasteiger partial charge in [0, 0.05) is 17.2 Å². The number of alkyl halides is 2. The predicted octanol–water partition coefficient (Wildman–Crippen LogP) is 6.14. The molecule has 32 heavy (non-hydrogen) atoms. The Morgan fingerprint density at radius 2 is 1.44 bits per heavy atom. The van der Waals surface area contributed by atoms with Crippen LogP contribution in [-0.4, -0.2) is 7.85 Å². The van der Waals surface area contributed by atoms with E-state index in [9.17, 15) is 35.1 Å². The zero-order valence-electron chi connectivity index (χ0n) is 16.1. The number of benzene rings is 3. The SMILES string of the molecule is [B]c1cc(F)c(C(F)(F)Oc2ccc(-c3cc(F)c(F)c(F)c3)c(F)c2)c(F)c1/C=C\C. The van der Waals surface area contributed by atoms with Crippen LogP contribution < -0.4 is 10.2 Å². The average Bonchev–Trinajstić information content (AvgIpc) is 2.68. The van der Waals surface area contributed by atoms with Gasteiger partial charge in [-0.1, -0.05) is 17.6 Å². The Labute approximate surface area is 178 Å². The third-order valence-corrected chi connectivity index (χ3v) is 4.39. The summed E-state index contributed by atoms with van der Waals surface area (Å²) in [5.41, 5.74) is -3.53. The fourth-order valence-electron chi connectivity index (χ4n) is 2.96. The van der Waals surface area contributed by atoms with Crippen LogP contribution in [0.5, 0.6) is 5.75 Å². The molecule has 0 amide bonds. The van der Waals surface area contributed by atoms with Gasteiger partial charge in [-0.05, 0) is 42.8 Å². The summed E-state index contributed by atoms with van der Waals surface area (Å²) in [6.07, 6.45) is -2.23. The monoisotopic (exact) mass is 454 g/mol. The van der Waals surface area contributed by atoms with Gasteiger partial charge in [-0.15, -0.1) is 0 Å². The fourth-order valence-corrected chi connectivity index (χ4v) is 2.96. The molecule has 0 N–H and O–H groups in total. The molecule has 10 heteroatoms. The van der Waals surface area contributed by atoms with Crippen LogP contribution in [0.25, 0.3) is 17.2 Å². The molecule has 0 spiro atoms. The van der Waals surface area contributed by atoms with Crippen molar-refractivity contribution in [3.63, 3.8) is 0 Å². The van der Waals surface area contributed by atoms with E-state index in [4.69, 9.17) is 7.85 Å². The van der Waals surface area contributed by atoms with Crippen molar-refractivity contribution >= 4 is 19.4 Å². The topological polar surface area (TPSA) is 9.23 Å². The number of hydrogen-bond acceptors (Lipinski definition) is 1. The molecule has 2 radical (unpaired) electrons. The lowest BCUT2D eigenvalue weighted by Gasteiger charge is -2.21. The first-order valence-electron chi connectivity index (χ1n) is 8.88. The van der Waals surface area contributed by atoms with E-state index >= 15 is 0 Å². The van der Waals surface area contributed by atoms with Gasteiger partial charge in [0.15, 0.2) is 17.5 Å². The molecule has 3 rings (SSSR count). The summed E-state index contributed by atoms with van der Waals surface area (Å²) in [5, 5.41) is 0. The lowest BCUT2D eigenvalue weighted by molar-refractivity contribution is -0.189.